The molecule has 0 fully saturated rings. The van der Waals surface area contributed by atoms with Crippen LogP contribution in [0, 0.1) is 4.77 Å². The average Bonchev–Trinajstić information content (AvgIpc) is 3.03. The lowest BCUT2D eigenvalue weighted by atomic mass is 10.0. The molecule has 3 rings (SSSR count). The molecule has 1 aliphatic heterocycles. The van der Waals surface area contributed by atoms with E-state index in [4.69, 9.17) is 21.7 Å². The number of carbonyl (C=O) groups is 1. The van der Waals surface area contributed by atoms with Gasteiger partial charge in [0.2, 0.25) is 12.6 Å². The third-order valence-corrected chi connectivity index (χ3v) is 3.23. The molecule has 0 unspecified atom stereocenters. The fourth-order valence-electron chi connectivity index (χ4n) is 2.12. The summed E-state index contributed by atoms with van der Waals surface area (Å²) in [4.78, 5) is 18.4. The number of rotatable bonds is 3. The monoisotopic (exact) mass is 276 g/mol. The van der Waals surface area contributed by atoms with Crippen molar-refractivity contribution < 1.29 is 14.3 Å². The number of imidazole rings is 1. The summed E-state index contributed by atoms with van der Waals surface area (Å²) in [5.74, 6) is 0.944. The van der Waals surface area contributed by atoms with Crippen molar-refractivity contribution in [2.24, 2.45) is 0 Å². The van der Waals surface area contributed by atoms with Gasteiger partial charge >= 0.3 is 0 Å². The maximum Gasteiger partial charge on any atom is 0.231 e. The molecule has 1 aromatic carbocycles. The molecule has 5 nitrogen and oxygen atoms in total. The first-order valence-electron chi connectivity index (χ1n) is 5.95. The zero-order chi connectivity index (χ0) is 13.4. The molecular formula is C13H12N2O3S. The zero-order valence-electron chi connectivity index (χ0n) is 10.3. The summed E-state index contributed by atoms with van der Waals surface area (Å²) >= 11 is 5.04. The van der Waals surface area contributed by atoms with E-state index in [1.807, 2.05) is 6.92 Å². The maximum atomic E-state index is 12.6. The Bertz CT molecular complexity index is 702. The predicted molar refractivity (Wildman–Crippen MR) is 71.4 cm³/mol. The SMILES string of the molecule is CCc1[nH]c(=S)[nH]c1C(=O)c1cccc2c1OCO2. The molecule has 98 valence electrons. The number of benzene rings is 1. The quantitative estimate of drug-likeness (QED) is 0.668. The fraction of sp³-hybridized carbons (Fsp3) is 0.231. The number of hydrogen-bond donors (Lipinski definition) is 2. The first-order valence-corrected chi connectivity index (χ1v) is 6.36. The van der Waals surface area contributed by atoms with Crippen molar-refractivity contribution in [1.82, 2.24) is 9.97 Å². The van der Waals surface area contributed by atoms with Crippen LogP contribution in [0.1, 0.15) is 28.7 Å². The van der Waals surface area contributed by atoms with Gasteiger partial charge in [0.1, 0.15) is 5.69 Å². The van der Waals surface area contributed by atoms with Crippen molar-refractivity contribution in [1.29, 1.82) is 0 Å². The molecule has 0 atom stereocenters. The van der Waals surface area contributed by atoms with Gasteiger partial charge in [-0.15, -0.1) is 0 Å². The lowest BCUT2D eigenvalue weighted by molar-refractivity contribution is 0.102. The van der Waals surface area contributed by atoms with Crippen molar-refractivity contribution in [3.63, 3.8) is 0 Å². The summed E-state index contributed by atoms with van der Waals surface area (Å²) < 4.78 is 11.1. The number of aryl methyl sites for hydroxylation is 1. The van der Waals surface area contributed by atoms with Crippen molar-refractivity contribution in [3.8, 4) is 11.5 Å². The highest BCUT2D eigenvalue weighted by molar-refractivity contribution is 7.71. The van der Waals surface area contributed by atoms with Gasteiger partial charge in [-0.2, -0.15) is 0 Å². The van der Waals surface area contributed by atoms with E-state index in [0.717, 1.165) is 5.69 Å². The van der Waals surface area contributed by atoms with Crippen LogP contribution < -0.4 is 9.47 Å². The zero-order valence-corrected chi connectivity index (χ0v) is 11.1. The van der Waals surface area contributed by atoms with Crippen LogP contribution in [0.3, 0.4) is 0 Å². The molecule has 19 heavy (non-hydrogen) atoms. The summed E-state index contributed by atoms with van der Waals surface area (Å²) in [6.45, 7) is 2.10. The number of hydrogen-bond acceptors (Lipinski definition) is 4. The molecule has 0 aliphatic carbocycles. The molecule has 2 heterocycles. The lowest BCUT2D eigenvalue weighted by Crippen LogP contribution is -2.06. The number of ketones is 1. The number of para-hydroxylation sites is 1. The Hall–Kier alpha value is -2.08. The van der Waals surface area contributed by atoms with Gasteiger partial charge in [0, 0.05) is 5.69 Å². The smallest absolute Gasteiger partial charge is 0.231 e. The molecule has 1 aromatic heterocycles. The number of aromatic nitrogens is 2. The molecule has 0 radical (unpaired) electrons. The Morgan fingerprint density at radius 1 is 1.37 bits per heavy atom. The van der Waals surface area contributed by atoms with Crippen LogP contribution in [0.5, 0.6) is 11.5 Å². The van der Waals surface area contributed by atoms with Gasteiger partial charge in [-0.1, -0.05) is 13.0 Å². The Kier molecular flexibility index (Phi) is 2.87. The second-order valence-electron chi connectivity index (χ2n) is 4.15. The highest BCUT2D eigenvalue weighted by Gasteiger charge is 2.24. The Labute approximate surface area is 114 Å². The molecule has 2 aromatic rings. The fourth-order valence-corrected chi connectivity index (χ4v) is 2.35. The average molecular weight is 276 g/mol. The van der Waals surface area contributed by atoms with E-state index in [2.05, 4.69) is 9.97 Å². The number of carbonyl (C=O) groups excluding carboxylic acids is 1. The normalized spacial score (nSPS) is 12.7. The molecule has 6 heteroatoms. The van der Waals surface area contributed by atoms with Gasteiger partial charge in [0.15, 0.2) is 16.3 Å². The molecule has 0 saturated heterocycles. The first kappa shape index (κ1) is 12.0. The van der Waals surface area contributed by atoms with Crippen LogP contribution >= 0.6 is 12.2 Å². The van der Waals surface area contributed by atoms with E-state index in [-0.39, 0.29) is 12.6 Å². The van der Waals surface area contributed by atoms with Gasteiger partial charge in [-0.05, 0) is 30.8 Å². The molecule has 0 bridgehead atoms. The lowest BCUT2D eigenvalue weighted by Gasteiger charge is -2.04. The van der Waals surface area contributed by atoms with E-state index < -0.39 is 0 Å². The minimum Gasteiger partial charge on any atom is -0.454 e. The first-order chi connectivity index (χ1) is 9.20. The molecule has 0 spiro atoms. The van der Waals surface area contributed by atoms with Gasteiger partial charge in [-0.3, -0.25) is 4.79 Å². The second-order valence-corrected chi connectivity index (χ2v) is 4.56. The van der Waals surface area contributed by atoms with Crippen molar-refractivity contribution in [2.45, 2.75) is 13.3 Å². The van der Waals surface area contributed by atoms with Crippen LogP contribution in [-0.4, -0.2) is 22.5 Å². The topological polar surface area (TPSA) is 67.1 Å². The van der Waals surface area contributed by atoms with Crippen LogP contribution in [0.15, 0.2) is 18.2 Å². The van der Waals surface area contributed by atoms with Crippen molar-refractivity contribution in [3.05, 3.63) is 39.9 Å². The Morgan fingerprint density at radius 2 is 2.21 bits per heavy atom. The number of H-pyrrole nitrogens is 2. The number of ether oxygens (including phenoxy) is 2. The summed E-state index contributed by atoms with van der Waals surface area (Å²) in [5, 5.41) is 0. The minimum atomic E-state index is -0.147. The second kappa shape index (κ2) is 4.55. The number of fused-ring (bicyclic) bond motifs is 1. The van der Waals surface area contributed by atoms with Crippen LogP contribution in [0.4, 0.5) is 0 Å². The Balaban J connectivity index is 2.10. The molecule has 0 amide bonds. The predicted octanol–water partition coefficient (Wildman–Crippen LogP) is 2.59. The highest BCUT2D eigenvalue weighted by Crippen LogP contribution is 2.36. The van der Waals surface area contributed by atoms with E-state index in [1.54, 1.807) is 18.2 Å². The Morgan fingerprint density at radius 3 is 3.00 bits per heavy atom. The summed E-state index contributed by atoms with van der Waals surface area (Å²) in [6.07, 6.45) is 0.695. The number of nitrogens with one attached hydrogen (secondary N) is 2. The molecule has 2 N–H and O–H groups in total. The van der Waals surface area contributed by atoms with Crippen molar-refractivity contribution in [2.75, 3.05) is 6.79 Å². The number of aromatic amines is 2. The van der Waals surface area contributed by atoms with Crippen LogP contribution in [0.2, 0.25) is 0 Å². The largest absolute Gasteiger partial charge is 0.454 e. The van der Waals surface area contributed by atoms with E-state index >= 15 is 0 Å². The summed E-state index contributed by atoms with van der Waals surface area (Å²) in [6, 6.07) is 5.27. The standard InChI is InChI=1S/C13H12N2O3S/c1-2-8-10(15-13(19)14-8)11(16)7-4-3-5-9-12(7)18-6-17-9/h3-5H,2,6H2,1H3,(H2,14,15,19). The van der Waals surface area contributed by atoms with E-state index in [0.29, 0.717) is 33.9 Å². The highest BCUT2D eigenvalue weighted by atomic mass is 32.1. The third-order valence-electron chi connectivity index (χ3n) is 3.03. The third kappa shape index (κ3) is 1.94. The van der Waals surface area contributed by atoms with Crippen molar-refractivity contribution >= 4 is 18.0 Å². The van der Waals surface area contributed by atoms with Gasteiger partial charge in [0.25, 0.3) is 0 Å². The summed E-state index contributed by atoms with van der Waals surface area (Å²) in [5.41, 5.74) is 1.76. The van der Waals surface area contributed by atoms with E-state index in [9.17, 15) is 4.79 Å². The molecule has 1 aliphatic rings. The van der Waals surface area contributed by atoms with Gasteiger partial charge in [0.05, 0.1) is 5.56 Å². The molecule has 0 saturated carbocycles. The maximum absolute atomic E-state index is 12.6. The van der Waals surface area contributed by atoms with Gasteiger partial charge in [-0.25, -0.2) is 0 Å². The van der Waals surface area contributed by atoms with E-state index in [1.165, 1.54) is 0 Å². The summed E-state index contributed by atoms with van der Waals surface area (Å²) in [7, 11) is 0. The molecular weight excluding hydrogens is 264 g/mol. The van der Waals surface area contributed by atoms with Crippen LogP contribution in [0.25, 0.3) is 0 Å². The van der Waals surface area contributed by atoms with Crippen LogP contribution in [-0.2, 0) is 6.42 Å². The minimum absolute atomic E-state index is 0.142. The van der Waals surface area contributed by atoms with Gasteiger partial charge < -0.3 is 19.4 Å².